The number of urea groups is 1. The van der Waals surface area contributed by atoms with Gasteiger partial charge in [0.15, 0.2) is 0 Å². The van der Waals surface area contributed by atoms with Gasteiger partial charge in [-0.2, -0.15) is 5.10 Å². The number of nitrogen functional groups attached to an aromatic ring is 1. The molecule has 0 spiro atoms. The van der Waals surface area contributed by atoms with Crippen LogP contribution in [0.1, 0.15) is 48.8 Å². The second-order valence-corrected chi connectivity index (χ2v) is 10.6. The minimum absolute atomic E-state index is 0.167. The van der Waals surface area contributed by atoms with Gasteiger partial charge in [0, 0.05) is 17.2 Å². The van der Waals surface area contributed by atoms with Crippen LogP contribution in [0.4, 0.5) is 21.9 Å². The number of carbonyl (C=O) groups excluding carboxylic acids is 1. The first kappa shape index (κ1) is 24.9. The lowest BCUT2D eigenvalue weighted by atomic mass is 9.82. The van der Waals surface area contributed by atoms with E-state index >= 15 is 0 Å². The molecular formula is C34H34N4O. The lowest BCUT2D eigenvalue weighted by molar-refractivity contribution is 0.207. The summed E-state index contributed by atoms with van der Waals surface area (Å²) in [6, 6.07) is 32.4. The summed E-state index contributed by atoms with van der Waals surface area (Å²) in [5.41, 5.74) is 15.0. The molecule has 1 saturated carbocycles. The molecule has 0 atom stereocenters. The summed E-state index contributed by atoms with van der Waals surface area (Å²) in [6.45, 7) is 2.54. The second kappa shape index (κ2) is 10.8. The molecule has 5 heteroatoms. The molecule has 2 aliphatic rings. The van der Waals surface area contributed by atoms with Crippen molar-refractivity contribution in [3.8, 4) is 11.1 Å². The number of hydrazone groups is 1. The van der Waals surface area contributed by atoms with Gasteiger partial charge in [0.25, 0.3) is 0 Å². The van der Waals surface area contributed by atoms with Gasteiger partial charge in [-0.05, 0) is 78.4 Å². The molecule has 0 unspecified atom stereocenters. The Labute approximate surface area is 230 Å². The highest BCUT2D eigenvalue weighted by atomic mass is 16.2. The number of carbonyl (C=O) groups is 1. The van der Waals surface area contributed by atoms with Gasteiger partial charge in [0.1, 0.15) is 0 Å². The van der Waals surface area contributed by atoms with E-state index in [4.69, 9.17) is 10.8 Å². The molecule has 4 aromatic carbocycles. The normalized spacial score (nSPS) is 16.0. The summed E-state index contributed by atoms with van der Waals surface area (Å²) in [4.78, 5) is 16.2. The molecule has 1 aliphatic heterocycles. The fourth-order valence-corrected chi connectivity index (χ4v) is 5.86. The van der Waals surface area contributed by atoms with E-state index in [1.54, 1.807) is 9.91 Å². The summed E-state index contributed by atoms with van der Waals surface area (Å²) in [6.07, 6.45) is 5.80. The first-order valence-corrected chi connectivity index (χ1v) is 13.9. The van der Waals surface area contributed by atoms with Crippen molar-refractivity contribution in [3.63, 3.8) is 0 Å². The second-order valence-electron chi connectivity index (χ2n) is 10.6. The lowest BCUT2D eigenvalue weighted by Gasteiger charge is -2.27. The standard InChI is InChI=1S/C34H34N4O/c1-24-10-8-9-15-30(24)27-16-21-32-31(22-27)33(26-13-6-3-7-14-26)36-37(23-25-11-4-2-5-12-25)34(39)38(32)29-19-17-28(35)18-20-29/h2,4-5,8-12,15-22,26H,3,6-7,13-14,23,35H2,1H3. The molecule has 196 valence electrons. The fraction of sp³-hybridized carbons (Fsp3) is 0.235. The maximum absolute atomic E-state index is 14.3. The van der Waals surface area contributed by atoms with Crippen LogP contribution in [0.2, 0.25) is 0 Å². The summed E-state index contributed by atoms with van der Waals surface area (Å²) in [7, 11) is 0. The van der Waals surface area contributed by atoms with Crippen LogP contribution in [-0.4, -0.2) is 16.8 Å². The van der Waals surface area contributed by atoms with E-state index in [-0.39, 0.29) is 6.03 Å². The van der Waals surface area contributed by atoms with Crippen LogP contribution in [0.15, 0.2) is 102 Å². The van der Waals surface area contributed by atoms with E-state index in [1.165, 1.54) is 30.4 Å². The van der Waals surface area contributed by atoms with Crippen molar-refractivity contribution in [2.75, 3.05) is 10.6 Å². The zero-order chi connectivity index (χ0) is 26.8. The Morgan fingerprint density at radius 2 is 1.54 bits per heavy atom. The van der Waals surface area contributed by atoms with E-state index < -0.39 is 0 Å². The molecule has 2 amide bonds. The van der Waals surface area contributed by atoms with Gasteiger partial charge in [-0.1, -0.05) is 79.9 Å². The van der Waals surface area contributed by atoms with E-state index in [9.17, 15) is 4.79 Å². The molecule has 1 heterocycles. The summed E-state index contributed by atoms with van der Waals surface area (Å²) in [5.74, 6) is 0.307. The molecule has 6 rings (SSSR count). The van der Waals surface area contributed by atoms with Gasteiger partial charge in [0.2, 0.25) is 0 Å². The van der Waals surface area contributed by atoms with Crippen LogP contribution in [0, 0.1) is 12.8 Å². The third-order valence-corrected chi connectivity index (χ3v) is 7.93. The van der Waals surface area contributed by atoms with Crippen molar-refractivity contribution in [2.24, 2.45) is 11.0 Å². The number of hydrogen-bond acceptors (Lipinski definition) is 3. The Kier molecular flexibility index (Phi) is 6.89. The molecule has 39 heavy (non-hydrogen) atoms. The minimum atomic E-state index is -0.167. The Balaban J connectivity index is 1.56. The smallest absolute Gasteiger partial charge is 0.349 e. The van der Waals surface area contributed by atoms with Crippen LogP contribution in [0.25, 0.3) is 11.1 Å². The minimum Gasteiger partial charge on any atom is -0.399 e. The maximum atomic E-state index is 14.3. The summed E-state index contributed by atoms with van der Waals surface area (Å²) < 4.78 is 0. The Morgan fingerprint density at radius 1 is 0.821 bits per heavy atom. The van der Waals surface area contributed by atoms with Gasteiger partial charge in [-0.15, -0.1) is 0 Å². The number of fused-ring (bicyclic) bond motifs is 1. The molecule has 0 aromatic heterocycles. The summed E-state index contributed by atoms with van der Waals surface area (Å²) >= 11 is 0. The highest BCUT2D eigenvalue weighted by molar-refractivity contribution is 6.14. The Hall–Kier alpha value is -4.38. The van der Waals surface area contributed by atoms with Crippen LogP contribution in [-0.2, 0) is 6.54 Å². The maximum Gasteiger partial charge on any atom is 0.349 e. The average Bonchev–Trinajstić information content (AvgIpc) is 3.09. The quantitative estimate of drug-likeness (QED) is 0.272. The molecule has 4 aromatic rings. The van der Waals surface area contributed by atoms with E-state index in [1.807, 2.05) is 54.6 Å². The topological polar surface area (TPSA) is 61.9 Å². The van der Waals surface area contributed by atoms with Crippen LogP contribution in [0.5, 0.6) is 0 Å². The number of amides is 2. The highest BCUT2D eigenvalue weighted by Gasteiger charge is 2.34. The number of hydrogen-bond donors (Lipinski definition) is 1. The summed E-state index contributed by atoms with van der Waals surface area (Å²) in [5, 5.41) is 6.86. The molecule has 2 N–H and O–H groups in total. The Morgan fingerprint density at radius 3 is 2.28 bits per heavy atom. The molecule has 0 radical (unpaired) electrons. The number of benzene rings is 4. The number of nitrogens with zero attached hydrogens (tertiary/aromatic N) is 3. The molecular weight excluding hydrogens is 480 g/mol. The van der Waals surface area contributed by atoms with Gasteiger partial charge in [0.05, 0.1) is 23.6 Å². The van der Waals surface area contributed by atoms with Gasteiger partial charge in [-0.25, -0.2) is 9.80 Å². The van der Waals surface area contributed by atoms with Crippen molar-refractivity contribution in [2.45, 2.75) is 45.6 Å². The first-order valence-electron chi connectivity index (χ1n) is 13.9. The molecule has 1 aliphatic carbocycles. The third kappa shape index (κ3) is 5.05. The molecule has 0 bridgehead atoms. The predicted octanol–water partition coefficient (Wildman–Crippen LogP) is 8.30. The number of aryl methyl sites for hydroxylation is 1. The SMILES string of the molecule is Cc1ccccc1-c1ccc2c(c1)C(C1CCCCC1)=NN(Cc1ccccc1)C(=O)N2c1ccc(N)cc1. The third-order valence-electron chi connectivity index (χ3n) is 7.93. The van der Waals surface area contributed by atoms with Gasteiger partial charge in [-0.3, -0.25) is 4.90 Å². The van der Waals surface area contributed by atoms with Crippen LogP contribution < -0.4 is 10.6 Å². The highest BCUT2D eigenvalue weighted by Crippen LogP contribution is 2.40. The Bertz CT molecular complexity index is 1500. The molecule has 0 saturated heterocycles. The van der Waals surface area contributed by atoms with Gasteiger partial charge >= 0.3 is 6.03 Å². The lowest BCUT2D eigenvalue weighted by Crippen LogP contribution is -2.36. The van der Waals surface area contributed by atoms with Crippen molar-refractivity contribution < 1.29 is 4.79 Å². The number of rotatable bonds is 5. The van der Waals surface area contributed by atoms with Crippen molar-refractivity contribution >= 4 is 28.8 Å². The predicted molar refractivity (Wildman–Crippen MR) is 160 cm³/mol. The number of nitrogens with two attached hydrogens (primary N) is 1. The first-order chi connectivity index (χ1) is 19.1. The largest absolute Gasteiger partial charge is 0.399 e. The monoisotopic (exact) mass is 514 g/mol. The van der Waals surface area contributed by atoms with Crippen molar-refractivity contribution in [1.29, 1.82) is 0 Å². The van der Waals surface area contributed by atoms with Crippen molar-refractivity contribution in [1.82, 2.24) is 5.01 Å². The number of anilines is 3. The molecule has 1 fully saturated rings. The van der Waals surface area contributed by atoms with Crippen LogP contribution >= 0.6 is 0 Å². The molecule has 5 nitrogen and oxygen atoms in total. The zero-order valence-electron chi connectivity index (χ0n) is 22.4. The van der Waals surface area contributed by atoms with Gasteiger partial charge < -0.3 is 5.73 Å². The fourth-order valence-electron chi connectivity index (χ4n) is 5.86. The van der Waals surface area contributed by atoms with Crippen LogP contribution in [0.3, 0.4) is 0 Å². The average molecular weight is 515 g/mol. The van der Waals surface area contributed by atoms with E-state index in [0.29, 0.717) is 18.2 Å². The van der Waals surface area contributed by atoms with E-state index in [2.05, 4.69) is 49.4 Å². The van der Waals surface area contributed by atoms with E-state index in [0.717, 1.165) is 46.6 Å². The van der Waals surface area contributed by atoms with Crippen molar-refractivity contribution in [3.05, 3.63) is 114 Å². The zero-order valence-corrected chi connectivity index (χ0v) is 22.4.